The molecule has 3 aromatic rings. The van der Waals surface area contributed by atoms with E-state index in [9.17, 15) is 9.90 Å². The van der Waals surface area contributed by atoms with Crippen LogP contribution in [0.4, 0.5) is 0 Å². The minimum absolute atomic E-state index is 0.0988. The van der Waals surface area contributed by atoms with Crippen LogP contribution in [0.1, 0.15) is 77.3 Å². The molecule has 0 spiro atoms. The van der Waals surface area contributed by atoms with E-state index in [0.717, 1.165) is 24.0 Å². The van der Waals surface area contributed by atoms with Gasteiger partial charge in [0.25, 0.3) is 0 Å². The van der Waals surface area contributed by atoms with Gasteiger partial charge in [0, 0.05) is 16.7 Å². The summed E-state index contributed by atoms with van der Waals surface area (Å²) in [6.45, 7) is 8.66. The van der Waals surface area contributed by atoms with E-state index < -0.39 is 0 Å². The van der Waals surface area contributed by atoms with Gasteiger partial charge in [-0.2, -0.15) is 0 Å². The Balaban J connectivity index is 1.79. The number of halogens is 1. The summed E-state index contributed by atoms with van der Waals surface area (Å²) in [5, 5.41) is 20.6. The zero-order valence-electron chi connectivity index (χ0n) is 20.5. The van der Waals surface area contributed by atoms with Gasteiger partial charge >= 0.3 is 5.97 Å². The SMILES string of the molecule is CCCCCCCCOC(=O)/C=C/c1cc(-n2nc3ccc(Cl)cc3n2)c(O)c(C(C)(C)C)c1. The lowest BCUT2D eigenvalue weighted by atomic mass is 9.85. The van der Waals surface area contributed by atoms with Crippen LogP contribution in [0, 0.1) is 0 Å². The number of carbonyl (C=O) groups excluding carboxylic acids is 1. The molecule has 0 saturated carbocycles. The smallest absolute Gasteiger partial charge is 0.330 e. The lowest BCUT2D eigenvalue weighted by Crippen LogP contribution is -2.13. The minimum atomic E-state index is -0.377. The van der Waals surface area contributed by atoms with E-state index in [1.165, 1.54) is 36.6 Å². The maximum Gasteiger partial charge on any atom is 0.330 e. The topological polar surface area (TPSA) is 77.2 Å². The molecule has 34 heavy (non-hydrogen) atoms. The number of phenolic OH excluding ortho intramolecular Hbond substituents is 1. The highest BCUT2D eigenvalue weighted by Crippen LogP contribution is 2.36. The van der Waals surface area contributed by atoms with Crippen molar-refractivity contribution in [2.24, 2.45) is 0 Å². The molecule has 182 valence electrons. The number of hydrogen-bond acceptors (Lipinski definition) is 5. The molecule has 0 unspecified atom stereocenters. The Hall–Kier alpha value is -2.86. The Labute approximate surface area is 206 Å². The van der Waals surface area contributed by atoms with E-state index in [-0.39, 0.29) is 17.1 Å². The van der Waals surface area contributed by atoms with Crippen molar-refractivity contribution in [1.29, 1.82) is 0 Å². The Morgan fingerprint density at radius 3 is 2.50 bits per heavy atom. The van der Waals surface area contributed by atoms with Gasteiger partial charge in [0.1, 0.15) is 22.5 Å². The molecule has 1 N–H and O–H groups in total. The highest BCUT2D eigenvalue weighted by Gasteiger charge is 2.23. The number of esters is 1. The van der Waals surface area contributed by atoms with Gasteiger partial charge < -0.3 is 9.84 Å². The van der Waals surface area contributed by atoms with Crippen molar-refractivity contribution in [2.75, 3.05) is 6.61 Å². The molecule has 0 aliphatic heterocycles. The lowest BCUT2D eigenvalue weighted by molar-refractivity contribution is -0.137. The predicted octanol–water partition coefficient (Wildman–Crippen LogP) is 6.99. The number of hydrogen-bond donors (Lipinski definition) is 1. The van der Waals surface area contributed by atoms with E-state index in [0.29, 0.717) is 28.4 Å². The molecule has 1 heterocycles. The predicted molar refractivity (Wildman–Crippen MR) is 138 cm³/mol. The second-order valence-corrected chi connectivity index (χ2v) is 10.0. The normalized spacial score (nSPS) is 12.0. The average molecular weight is 484 g/mol. The Kier molecular flexibility index (Phi) is 8.72. The summed E-state index contributed by atoms with van der Waals surface area (Å²) in [7, 11) is 0. The molecule has 7 heteroatoms. The number of nitrogens with zero attached hydrogens (tertiary/aromatic N) is 3. The van der Waals surface area contributed by atoms with Crippen molar-refractivity contribution in [3.63, 3.8) is 0 Å². The number of unbranched alkanes of at least 4 members (excludes halogenated alkanes) is 5. The zero-order chi connectivity index (χ0) is 24.7. The highest BCUT2D eigenvalue weighted by molar-refractivity contribution is 6.31. The van der Waals surface area contributed by atoms with Gasteiger partial charge in [-0.05, 0) is 53.8 Å². The van der Waals surface area contributed by atoms with Crippen molar-refractivity contribution in [1.82, 2.24) is 15.0 Å². The summed E-state index contributed by atoms with van der Waals surface area (Å²) in [6.07, 6.45) is 9.96. The van der Waals surface area contributed by atoms with E-state index in [4.69, 9.17) is 16.3 Å². The van der Waals surface area contributed by atoms with Gasteiger partial charge in [0.15, 0.2) is 0 Å². The molecule has 1 aromatic heterocycles. The monoisotopic (exact) mass is 483 g/mol. The molecule has 0 aliphatic carbocycles. The number of aromatic hydroxyl groups is 1. The molecular formula is C27H34ClN3O3. The molecule has 3 rings (SSSR count). The molecular weight excluding hydrogens is 450 g/mol. The first-order valence-electron chi connectivity index (χ1n) is 11.9. The number of carbonyl (C=O) groups is 1. The first kappa shape index (κ1) is 25.8. The number of aromatic nitrogens is 3. The molecule has 0 saturated heterocycles. The van der Waals surface area contributed by atoms with Crippen molar-refractivity contribution < 1.29 is 14.6 Å². The van der Waals surface area contributed by atoms with Crippen molar-refractivity contribution >= 4 is 34.7 Å². The second-order valence-electron chi connectivity index (χ2n) is 9.58. The van der Waals surface area contributed by atoms with Crippen LogP contribution < -0.4 is 0 Å². The Bertz CT molecular complexity index is 1160. The summed E-state index contributed by atoms with van der Waals surface area (Å²) < 4.78 is 5.34. The largest absolute Gasteiger partial charge is 0.505 e. The van der Waals surface area contributed by atoms with Crippen LogP contribution in [-0.2, 0) is 14.9 Å². The highest BCUT2D eigenvalue weighted by atomic mass is 35.5. The Morgan fingerprint density at radius 1 is 1.06 bits per heavy atom. The number of fused-ring (bicyclic) bond motifs is 1. The molecule has 0 atom stereocenters. The second kappa shape index (κ2) is 11.5. The van der Waals surface area contributed by atoms with Crippen LogP contribution in [0.15, 0.2) is 36.4 Å². The maximum atomic E-state index is 12.2. The molecule has 2 aromatic carbocycles. The molecule has 6 nitrogen and oxygen atoms in total. The number of benzene rings is 2. The third-order valence-electron chi connectivity index (χ3n) is 5.63. The summed E-state index contributed by atoms with van der Waals surface area (Å²) in [4.78, 5) is 13.6. The molecule has 0 aliphatic rings. The first-order chi connectivity index (χ1) is 16.2. The van der Waals surface area contributed by atoms with E-state index in [1.807, 2.05) is 26.8 Å². The fourth-order valence-electron chi connectivity index (χ4n) is 3.72. The van der Waals surface area contributed by atoms with Crippen LogP contribution in [0.25, 0.3) is 22.8 Å². The van der Waals surface area contributed by atoms with Crippen molar-refractivity contribution in [2.45, 2.75) is 71.6 Å². The molecule has 0 bridgehead atoms. The van der Waals surface area contributed by atoms with Gasteiger partial charge in [0.2, 0.25) is 0 Å². The van der Waals surface area contributed by atoms with Crippen LogP contribution in [0.3, 0.4) is 0 Å². The quantitative estimate of drug-likeness (QED) is 0.191. The lowest BCUT2D eigenvalue weighted by Gasteiger charge is -2.22. The summed E-state index contributed by atoms with van der Waals surface area (Å²) >= 11 is 6.08. The minimum Gasteiger partial charge on any atom is -0.505 e. The summed E-state index contributed by atoms with van der Waals surface area (Å²) in [6, 6.07) is 8.89. The van der Waals surface area contributed by atoms with Gasteiger partial charge in [0.05, 0.1) is 6.61 Å². The molecule has 0 fully saturated rings. The zero-order valence-corrected chi connectivity index (χ0v) is 21.2. The van der Waals surface area contributed by atoms with Crippen LogP contribution in [0.5, 0.6) is 5.75 Å². The van der Waals surface area contributed by atoms with Gasteiger partial charge in [-0.1, -0.05) is 71.4 Å². The van der Waals surface area contributed by atoms with E-state index in [2.05, 4.69) is 17.1 Å². The number of phenols is 1. The fraction of sp³-hybridized carbons (Fsp3) is 0.444. The molecule has 0 amide bonds. The van der Waals surface area contributed by atoms with E-state index in [1.54, 1.807) is 30.3 Å². The number of rotatable bonds is 10. The summed E-state index contributed by atoms with van der Waals surface area (Å²) in [5.74, 6) is -0.278. The first-order valence-corrected chi connectivity index (χ1v) is 12.3. The van der Waals surface area contributed by atoms with Gasteiger partial charge in [-0.15, -0.1) is 15.0 Å². The van der Waals surface area contributed by atoms with Crippen molar-refractivity contribution in [3.05, 3.63) is 52.6 Å². The van der Waals surface area contributed by atoms with E-state index >= 15 is 0 Å². The third-order valence-corrected chi connectivity index (χ3v) is 5.87. The van der Waals surface area contributed by atoms with Crippen LogP contribution in [-0.4, -0.2) is 32.7 Å². The Morgan fingerprint density at radius 2 is 1.76 bits per heavy atom. The van der Waals surface area contributed by atoms with Gasteiger partial charge in [-0.3, -0.25) is 0 Å². The summed E-state index contributed by atoms with van der Waals surface area (Å²) in [5.41, 5.74) is 2.86. The third kappa shape index (κ3) is 6.83. The van der Waals surface area contributed by atoms with Gasteiger partial charge in [-0.25, -0.2) is 4.79 Å². The van der Waals surface area contributed by atoms with Crippen LogP contribution in [0.2, 0.25) is 5.02 Å². The molecule has 0 radical (unpaired) electrons. The van der Waals surface area contributed by atoms with Crippen molar-refractivity contribution in [3.8, 4) is 11.4 Å². The maximum absolute atomic E-state index is 12.2. The fourth-order valence-corrected chi connectivity index (χ4v) is 3.89. The van der Waals surface area contributed by atoms with Crippen LogP contribution >= 0.6 is 11.6 Å². The number of ether oxygens (including phenoxy) is 1. The standard InChI is InChI=1S/C27H34ClN3O3/c1-5-6-7-8-9-10-15-34-25(32)14-11-19-16-21(27(2,3)4)26(33)24(17-19)31-29-22-13-12-20(28)18-23(22)30-31/h11-14,16-18,33H,5-10,15H2,1-4H3/b14-11+. The average Bonchev–Trinajstić information content (AvgIpc) is 3.19.